The van der Waals surface area contributed by atoms with Crippen LogP contribution in [-0.2, 0) is 9.53 Å². The van der Waals surface area contributed by atoms with Crippen molar-refractivity contribution in [2.75, 3.05) is 11.9 Å². The molecule has 0 aromatic rings. The van der Waals surface area contributed by atoms with Crippen molar-refractivity contribution in [1.82, 2.24) is 0 Å². The van der Waals surface area contributed by atoms with Gasteiger partial charge in [0, 0.05) is 5.33 Å². The average Bonchev–Trinajstić information content (AvgIpc) is 2.10. The van der Waals surface area contributed by atoms with Gasteiger partial charge in [-0.05, 0) is 32.1 Å². The van der Waals surface area contributed by atoms with Crippen LogP contribution in [0.1, 0.15) is 47.5 Å². The molecule has 0 bridgehead atoms. The fraction of sp³-hybridized carbons (Fsp3) is 0.917. The summed E-state index contributed by atoms with van der Waals surface area (Å²) in [6.45, 7) is 10.6. The molecule has 0 unspecified atom stereocenters. The van der Waals surface area contributed by atoms with Crippen LogP contribution in [0.25, 0.3) is 0 Å². The minimum atomic E-state index is -0.429. The Morgan fingerprint density at radius 2 is 1.67 bits per heavy atom. The molecule has 15 heavy (non-hydrogen) atoms. The van der Waals surface area contributed by atoms with Crippen molar-refractivity contribution < 1.29 is 9.53 Å². The summed E-state index contributed by atoms with van der Waals surface area (Å²) in [6, 6.07) is 0. The number of unbranched alkanes of at least 4 members (excludes halogenated alkanes) is 1. The average molecular weight is 279 g/mol. The molecule has 0 aliphatic heterocycles. The Morgan fingerprint density at radius 1 is 1.13 bits per heavy atom. The van der Waals surface area contributed by atoms with Gasteiger partial charge in [0.2, 0.25) is 0 Å². The monoisotopic (exact) mass is 278 g/mol. The molecule has 2 nitrogen and oxygen atoms in total. The summed E-state index contributed by atoms with van der Waals surface area (Å²) < 4.78 is 5.28. The number of hydrogen-bond donors (Lipinski definition) is 0. The second kappa shape index (κ2) is 5.88. The van der Waals surface area contributed by atoms with Crippen molar-refractivity contribution in [3.63, 3.8) is 0 Å². The van der Waals surface area contributed by atoms with E-state index in [4.69, 9.17) is 4.74 Å². The summed E-state index contributed by atoms with van der Waals surface area (Å²) >= 11 is 3.35. The summed E-state index contributed by atoms with van der Waals surface area (Å²) in [6.07, 6.45) is 1.97. The number of carbonyl (C=O) groups is 1. The second-order valence-corrected chi connectivity index (χ2v) is 6.20. The van der Waals surface area contributed by atoms with E-state index in [1.54, 1.807) is 0 Å². The fourth-order valence-corrected chi connectivity index (χ4v) is 1.24. The molecule has 0 heterocycles. The lowest BCUT2D eigenvalue weighted by molar-refractivity contribution is -0.160. The highest BCUT2D eigenvalue weighted by Gasteiger charge is 2.40. The summed E-state index contributed by atoms with van der Waals surface area (Å²) in [7, 11) is 0. The molecule has 0 aliphatic carbocycles. The largest absolute Gasteiger partial charge is 0.465 e. The lowest BCUT2D eigenvalue weighted by Crippen LogP contribution is -2.39. The lowest BCUT2D eigenvalue weighted by atomic mass is 9.69. The third-order valence-electron chi connectivity index (χ3n) is 3.15. The molecule has 0 spiro atoms. The van der Waals surface area contributed by atoms with E-state index in [0.717, 1.165) is 18.2 Å². The molecule has 3 heteroatoms. The van der Waals surface area contributed by atoms with Crippen molar-refractivity contribution in [1.29, 1.82) is 0 Å². The number of esters is 1. The number of alkyl halides is 1. The lowest BCUT2D eigenvalue weighted by Gasteiger charge is -2.36. The Balaban J connectivity index is 4.10. The van der Waals surface area contributed by atoms with Crippen LogP contribution < -0.4 is 0 Å². The van der Waals surface area contributed by atoms with Gasteiger partial charge in [0.15, 0.2) is 0 Å². The van der Waals surface area contributed by atoms with Crippen LogP contribution in [0.15, 0.2) is 0 Å². The third-order valence-corrected chi connectivity index (χ3v) is 3.71. The molecule has 0 aromatic heterocycles. The maximum atomic E-state index is 11.8. The Bertz CT molecular complexity index is 204. The maximum absolute atomic E-state index is 11.8. The molecular formula is C12H23BrO2. The van der Waals surface area contributed by atoms with E-state index in [1.807, 2.05) is 13.8 Å². The van der Waals surface area contributed by atoms with Crippen molar-refractivity contribution in [3.8, 4) is 0 Å². The Labute approximate surface area is 102 Å². The van der Waals surface area contributed by atoms with Gasteiger partial charge in [-0.1, -0.05) is 36.7 Å². The van der Waals surface area contributed by atoms with Gasteiger partial charge in [-0.15, -0.1) is 0 Å². The molecule has 0 atom stereocenters. The van der Waals surface area contributed by atoms with E-state index in [0.29, 0.717) is 6.61 Å². The van der Waals surface area contributed by atoms with Gasteiger partial charge >= 0.3 is 5.97 Å². The first kappa shape index (κ1) is 14.9. The van der Waals surface area contributed by atoms with E-state index in [2.05, 4.69) is 36.7 Å². The van der Waals surface area contributed by atoms with Gasteiger partial charge in [-0.25, -0.2) is 0 Å². The smallest absolute Gasteiger partial charge is 0.312 e. The first-order chi connectivity index (χ1) is 6.73. The van der Waals surface area contributed by atoms with Crippen LogP contribution >= 0.6 is 15.9 Å². The number of rotatable bonds is 5. The molecule has 0 fully saturated rings. The zero-order valence-corrected chi connectivity index (χ0v) is 12.1. The van der Waals surface area contributed by atoms with Gasteiger partial charge in [0.1, 0.15) is 0 Å². The van der Waals surface area contributed by atoms with Crippen LogP contribution in [0.4, 0.5) is 0 Å². The second-order valence-electron chi connectivity index (χ2n) is 5.41. The topological polar surface area (TPSA) is 26.3 Å². The minimum absolute atomic E-state index is 0.0699. The first-order valence-electron chi connectivity index (χ1n) is 5.46. The van der Waals surface area contributed by atoms with Crippen LogP contribution in [0.3, 0.4) is 0 Å². The van der Waals surface area contributed by atoms with Crippen molar-refractivity contribution in [2.24, 2.45) is 10.8 Å². The highest BCUT2D eigenvalue weighted by molar-refractivity contribution is 9.09. The molecule has 0 amide bonds. The van der Waals surface area contributed by atoms with Crippen LogP contribution in [-0.4, -0.2) is 17.9 Å². The molecule has 0 saturated heterocycles. The SMILES string of the molecule is CC(C)(C)C(C)(C)C(=O)OCCCCBr. The Morgan fingerprint density at radius 3 is 2.07 bits per heavy atom. The van der Waals surface area contributed by atoms with Crippen molar-refractivity contribution in [2.45, 2.75) is 47.5 Å². The van der Waals surface area contributed by atoms with E-state index < -0.39 is 5.41 Å². The van der Waals surface area contributed by atoms with Crippen molar-refractivity contribution >= 4 is 21.9 Å². The van der Waals surface area contributed by atoms with Crippen molar-refractivity contribution in [3.05, 3.63) is 0 Å². The third kappa shape index (κ3) is 4.54. The molecule has 90 valence electrons. The Hall–Kier alpha value is -0.0500. The van der Waals surface area contributed by atoms with Gasteiger partial charge in [0.25, 0.3) is 0 Å². The predicted molar refractivity (Wildman–Crippen MR) is 67.2 cm³/mol. The van der Waals surface area contributed by atoms with Gasteiger partial charge in [-0.2, -0.15) is 0 Å². The molecule has 0 rings (SSSR count). The van der Waals surface area contributed by atoms with Crippen LogP contribution in [0, 0.1) is 10.8 Å². The van der Waals surface area contributed by atoms with Gasteiger partial charge in [0.05, 0.1) is 12.0 Å². The quantitative estimate of drug-likeness (QED) is 0.435. The maximum Gasteiger partial charge on any atom is 0.312 e. The number of halogens is 1. The van der Waals surface area contributed by atoms with E-state index in [-0.39, 0.29) is 11.4 Å². The summed E-state index contributed by atoms with van der Waals surface area (Å²) in [5, 5.41) is 0.965. The summed E-state index contributed by atoms with van der Waals surface area (Å²) in [5.74, 6) is -0.0930. The molecule has 0 aliphatic rings. The first-order valence-corrected chi connectivity index (χ1v) is 6.59. The van der Waals surface area contributed by atoms with Crippen LogP contribution in [0.2, 0.25) is 0 Å². The predicted octanol–water partition coefficient (Wildman–Crippen LogP) is 3.78. The van der Waals surface area contributed by atoms with E-state index in [9.17, 15) is 4.79 Å². The fourth-order valence-electron chi connectivity index (χ4n) is 0.848. The zero-order valence-electron chi connectivity index (χ0n) is 10.5. The Kier molecular flexibility index (Phi) is 5.86. The molecular weight excluding hydrogens is 256 g/mol. The molecule has 0 N–H and O–H groups in total. The van der Waals surface area contributed by atoms with Gasteiger partial charge < -0.3 is 4.74 Å². The molecule has 0 aromatic carbocycles. The number of hydrogen-bond acceptors (Lipinski definition) is 2. The number of ether oxygens (including phenoxy) is 1. The van der Waals surface area contributed by atoms with Crippen LogP contribution in [0.5, 0.6) is 0 Å². The molecule has 0 saturated carbocycles. The minimum Gasteiger partial charge on any atom is -0.465 e. The van der Waals surface area contributed by atoms with E-state index >= 15 is 0 Å². The standard InChI is InChI=1S/C12H23BrO2/c1-11(2,3)12(4,5)10(14)15-9-7-6-8-13/h6-9H2,1-5H3. The summed E-state index contributed by atoms with van der Waals surface area (Å²) in [5.41, 5.74) is -0.499. The normalized spacial score (nSPS) is 12.7. The van der Waals surface area contributed by atoms with E-state index in [1.165, 1.54) is 0 Å². The molecule has 0 radical (unpaired) electrons. The summed E-state index contributed by atoms with van der Waals surface area (Å²) in [4.78, 5) is 11.8. The number of carbonyl (C=O) groups excluding carboxylic acids is 1. The zero-order chi connectivity index (χ0) is 12.1. The van der Waals surface area contributed by atoms with Gasteiger partial charge in [-0.3, -0.25) is 4.79 Å². The highest BCUT2D eigenvalue weighted by Crippen LogP contribution is 2.38. The highest BCUT2D eigenvalue weighted by atomic mass is 79.9.